The largest absolute Gasteiger partial charge is 0.411 e. The maximum absolute atomic E-state index is 13.5. The van der Waals surface area contributed by atoms with Crippen molar-refractivity contribution in [3.05, 3.63) is 89.2 Å². The number of carbonyl (C=O) groups excluding carboxylic acids is 2. The third-order valence-corrected chi connectivity index (χ3v) is 7.14. The number of halogens is 2. The minimum absolute atomic E-state index is 0.104. The Labute approximate surface area is 227 Å². The Morgan fingerprint density at radius 1 is 0.974 bits per heavy atom. The molecular formula is C27H23ClFN5O3S. The van der Waals surface area contributed by atoms with E-state index in [2.05, 4.69) is 20.4 Å². The predicted molar refractivity (Wildman–Crippen MR) is 145 cm³/mol. The summed E-state index contributed by atoms with van der Waals surface area (Å²) < 4.78 is 19.1. The van der Waals surface area contributed by atoms with E-state index in [0.29, 0.717) is 53.9 Å². The van der Waals surface area contributed by atoms with Gasteiger partial charge in [-0.2, -0.15) is 0 Å². The summed E-state index contributed by atoms with van der Waals surface area (Å²) in [6.45, 7) is 2.39. The fraction of sp³-hybridized carbons (Fsp3) is 0.185. The van der Waals surface area contributed by atoms with E-state index in [1.54, 1.807) is 29.2 Å². The van der Waals surface area contributed by atoms with Crippen molar-refractivity contribution in [3.8, 4) is 11.5 Å². The molecule has 1 N–H and O–H groups in total. The molecule has 4 aromatic rings. The molecule has 2 amide bonds. The summed E-state index contributed by atoms with van der Waals surface area (Å²) in [7, 11) is 0. The van der Waals surface area contributed by atoms with Crippen LogP contribution in [0.15, 0.2) is 82.4 Å². The van der Waals surface area contributed by atoms with E-state index >= 15 is 0 Å². The van der Waals surface area contributed by atoms with Crippen LogP contribution in [0.2, 0.25) is 5.02 Å². The van der Waals surface area contributed by atoms with Gasteiger partial charge in [0, 0.05) is 43.1 Å². The van der Waals surface area contributed by atoms with Crippen LogP contribution in [-0.4, -0.2) is 58.8 Å². The normalized spacial score (nSPS) is 13.4. The number of piperazine rings is 1. The van der Waals surface area contributed by atoms with Gasteiger partial charge in [0.05, 0.1) is 16.3 Å². The van der Waals surface area contributed by atoms with E-state index in [9.17, 15) is 14.0 Å². The summed E-state index contributed by atoms with van der Waals surface area (Å²) >= 11 is 7.30. The highest BCUT2D eigenvalue weighted by Gasteiger charge is 2.22. The molecule has 1 fully saturated rings. The van der Waals surface area contributed by atoms with Crippen LogP contribution in [0, 0.1) is 5.82 Å². The number of carbonyl (C=O) groups is 2. The number of nitrogens with zero attached hydrogens (tertiary/aromatic N) is 4. The van der Waals surface area contributed by atoms with E-state index in [1.165, 1.54) is 12.1 Å². The zero-order valence-electron chi connectivity index (χ0n) is 20.1. The highest BCUT2D eigenvalue weighted by atomic mass is 35.5. The molecule has 0 bridgehead atoms. The second kappa shape index (κ2) is 11.7. The SMILES string of the molecule is O=C(CSc1nnc(-c2ccccc2Cl)o1)Nc1ccc(N2CCN(C(=O)c3cccc(F)c3)CC2)cc1. The van der Waals surface area contributed by atoms with Crippen molar-refractivity contribution in [2.45, 2.75) is 5.22 Å². The van der Waals surface area contributed by atoms with Gasteiger partial charge in [0.1, 0.15) is 5.82 Å². The van der Waals surface area contributed by atoms with Crippen molar-refractivity contribution in [2.24, 2.45) is 0 Å². The molecule has 1 aliphatic heterocycles. The molecule has 3 aromatic carbocycles. The number of hydrogen-bond acceptors (Lipinski definition) is 7. The Balaban J connectivity index is 1.09. The monoisotopic (exact) mass is 551 g/mol. The summed E-state index contributed by atoms with van der Waals surface area (Å²) in [5.41, 5.74) is 2.66. The van der Waals surface area contributed by atoms with Gasteiger partial charge in [-0.3, -0.25) is 9.59 Å². The van der Waals surface area contributed by atoms with Gasteiger partial charge < -0.3 is 19.5 Å². The average Bonchev–Trinajstić information content (AvgIpc) is 3.41. The fourth-order valence-electron chi connectivity index (χ4n) is 4.06. The van der Waals surface area contributed by atoms with Crippen LogP contribution in [0.5, 0.6) is 0 Å². The standard InChI is InChI=1S/C27H23ClFN5O3S/c28-23-7-2-1-6-22(23)25-31-32-27(37-25)38-17-24(35)30-20-8-10-21(11-9-20)33-12-14-34(15-13-33)26(36)18-4-3-5-19(29)16-18/h1-11,16H,12-15,17H2,(H,30,35). The van der Waals surface area contributed by atoms with Gasteiger partial charge in [0.15, 0.2) is 0 Å². The zero-order valence-corrected chi connectivity index (χ0v) is 21.7. The minimum Gasteiger partial charge on any atom is -0.411 e. The Bertz CT molecular complexity index is 1440. The summed E-state index contributed by atoms with van der Waals surface area (Å²) in [6, 6.07) is 20.5. The molecule has 0 aliphatic carbocycles. The van der Waals surface area contributed by atoms with Crippen molar-refractivity contribution in [1.82, 2.24) is 15.1 Å². The van der Waals surface area contributed by atoms with Crippen LogP contribution in [0.3, 0.4) is 0 Å². The lowest BCUT2D eigenvalue weighted by Gasteiger charge is -2.36. The Morgan fingerprint density at radius 2 is 1.74 bits per heavy atom. The van der Waals surface area contributed by atoms with Crippen LogP contribution < -0.4 is 10.2 Å². The molecule has 1 saturated heterocycles. The molecule has 1 aromatic heterocycles. The van der Waals surface area contributed by atoms with Gasteiger partial charge in [0.2, 0.25) is 11.8 Å². The smallest absolute Gasteiger partial charge is 0.277 e. The highest BCUT2D eigenvalue weighted by molar-refractivity contribution is 7.99. The topological polar surface area (TPSA) is 91.6 Å². The second-order valence-electron chi connectivity index (χ2n) is 8.53. The number of nitrogens with one attached hydrogen (secondary N) is 1. The molecule has 38 heavy (non-hydrogen) atoms. The molecule has 194 valence electrons. The van der Waals surface area contributed by atoms with Gasteiger partial charge >= 0.3 is 0 Å². The number of thioether (sulfide) groups is 1. The predicted octanol–water partition coefficient (Wildman–Crippen LogP) is 5.22. The Kier molecular flexibility index (Phi) is 7.90. The van der Waals surface area contributed by atoms with Gasteiger partial charge in [-0.1, -0.05) is 41.6 Å². The zero-order chi connectivity index (χ0) is 26.5. The first kappa shape index (κ1) is 25.7. The molecule has 0 radical (unpaired) electrons. The van der Waals surface area contributed by atoms with Crippen molar-refractivity contribution in [1.29, 1.82) is 0 Å². The number of rotatable bonds is 7. The quantitative estimate of drug-likeness (QED) is 0.315. The summed E-state index contributed by atoms with van der Waals surface area (Å²) in [4.78, 5) is 29.0. The fourth-order valence-corrected chi connectivity index (χ4v) is 4.84. The number of hydrogen-bond donors (Lipinski definition) is 1. The third kappa shape index (κ3) is 6.15. The molecular weight excluding hydrogens is 529 g/mol. The summed E-state index contributed by atoms with van der Waals surface area (Å²) in [6.07, 6.45) is 0. The van der Waals surface area contributed by atoms with Gasteiger partial charge in [0.25, 0.3) is 11.1 Å². The summed E-state index contributed by atoms with van der Waals surface area (Å²) in [5.74, 6) is -0.385. The van der Waals surface area contributed by atoms with Gasteiger partial charge in [-0.25, -0.2) is 4.39 Å². The number of benzene rings is 3. The lowest BCUT2D eigenvalue weighted by Crippen LogP contribution is -2.48. The average molecular weight is 552 g/mol. The molecule has 0 atom stereocenters. The number of anilines is 2. The Morgan fingerprint density at radius 3 is 2.47 bits per heavy atom. The van der Waals surface area contributed by atoms with E-state index < -0.39 is 5.82 Å². The van der Waals surface area contributed by atoms with E-state index in [-0.39, 0.29) is 22.8 Å². The van der Waals surface area contributed by atoms with Crippen LogP contribution in [0.1, 0.15) is 10.4 Å². The maximum Gasteiger partial charge on any atom is 0.277 e. The number of aromatic nitrogens is 2. The van der Waals surface area contributed by atoms with E-state index in [1.807, 2.05) is 36.4 Å². The first-order valence-electron chi connectivity index (χ1n) is 11.9. The van der Waals surface area contributed by atoms with Crippen LogP contribution >= 0.6 is 23.4 Å². The molecule has 5 rings (SSSR count). The molecule has 8 nitrogen and oxygen atoms in total. The van der Waals surface area contributed by atoms with Gasteiger partial charge in [-0.05, 0) is 54.6 Å². The third-order valence-electron chi connectivity index (χ3n) is 5.99. The number of amides is 2. The van der Waals surface area contributed by atoms with Gasteiger partial charge in [-0.15, -0.1) is 10.2 Å². The van der Waals surface area contributed by atoms with Crippen LogP contribution in [-0.2, 0) is 4.79 Å². The molecule has 0 saturated carbocycles. The lowest BCUT2D eigenvalue weighted by atomic mass is 10.1. The Hall–Kier alpha value is -3.89. The van der Waals surface area contributed by atoms with E-state index in [0.717, 1.165) is 17.4 Å². The molecule has 2 heterocycles. The first-order chi connectivity index (χ1) is 18.5. The second-order valence-corrected chi connectivity index (χ2v) is 9.86. The highest BCUT2D eigenvalue weighted by Crippen LogP contribution is 2.29. The van der Waals surface area contributed by atoms with Crippen molar-refractivity contribution in [3.63, 3.8) is 0 Å². The van der Waals surface area contributed by atoms with Crippen LogP contribution in [0.25, 0.3) is 11.5 Å². The van der Waals surface area contributed by atoms with Crippen molar-refractivity contribution in [2.75, 3.05) is 42.1 Å². The lowest BCUT2D eigenvalue weighted by molar-refractivity contribution is -0.113. The minimum atomic E-state index is -0.419. The molecule has 0 unspecified atom stereocenters. The summed E-state index contributed by atoms with van der Waals surface area (Å²) in [5, 5.41) is 11.6. The van der Waals surface area contributed by atoms with Crippen molar-refractivity contribution >= 4 is 46.6 Å². The van der Waals surface area contributed by atoms with Crippen molar-refractivity contribution < 1.29 is 18.4 Å². The molecule has 11 heteroatoms. The van der Waals surface area contributed by atoms with E-state index in [4.69, 9.17) is 16.0 Å². The molecule has 1 aliphatic rings. The maximum atomic E-state index is 13.5. The first-order valence-corrected chi connectivity index (χ1v) is 13.2. The molecule has 0 spiro atoms. The van der Waals surface area contributed by atoms with Crippen LogP contribution in [0.4, 0.5) is 15.8 Å².